The third-order valence-corrected chi connectivity index (χ3v) is 4.79. The van der Waals surface area contributed by atoms with Crippen LogP contribution in [0.3, 0.4) is 0 Å². The van der Waals surface area contributed by atoms with Crippen molar-refractivity contribution in [3.63, 3.8) is 0 Å². The average molecular weight is 381 g/mol. The molecule has 4 rings (SSSR count). The van der Waals surface area contributed by atoms with Gasteiger partial charge in [0.15, 0.2) is 5.65 Å². The standard InChI is InChI=1S/C20H23N5O3/c1-27-16-4-2-15(3-5-16)18-19-23-17(14-25(19)9-7-21-18)20(26)22-6-8-24-10-12-28-13-11-24/h2-5,7,9,14H,6,8,10-13H2,1H3,(H,22,26). The molecular formula is C20H23N5O3. The van der Waals surface area contributed by atoms with Crippen molar-refractivity contribution in [2.45, 2.75) is 0 Å². The Labute approximate surface area is 163 Å². The smallest absolute Gasteiger partial charge is 0.271 e. The lowest BCUT2D eigenvalue weighted by molar-refractivity contribution is 0.0383. The van der Waals surface area contributed by atoms with E-state index in [-0.39, 0.29) is 5.91 Å². The molecule has 1 saturated heterocycles. The quantitative estimate of drug-likeness (QED) is 0.696. The molecule has 1 aliphatic rings. The summed E-state index contributed by atoms with van der Waals surface area (Å²) in [7, 11) is 1.63. The number of imidazole rings is 1. The number of nitrogens with zero attached hydrogens (tertiary/aromatic N) is 4. The van der Waals surface area contributed by atoms with Crippen molar-refractivity contribution in [3.05, 3.63) is 48.5 Å². The Hall–Kier alpha value is -2.97. The normalized spacial score (nSPS) is 14.9. The molecule has 0 atom stereocenters. The van der Waals surface area contributed by atoms with Crippen LogP contribution in [0, 0.1) is 0 Å². The minimum absolute atomic E-state index is 0.183. The summed E-state index contributed by atoms with van der Waals surface area (Å²) >= 11 is 0. The lowest BCUT2D eigenvalue weighted by atomic mass is 10.1. The summed E-state index contributed by atoms with van der Waals surface area (Å²) in [6.07, 6.45) is 5.22. The Kier molecular flexibility index (Phi) is 5.50. The second-order valence-corrected chi connectivity index (χ2v) is 6.57. The highest BCUT2D eigenvalue weighted by Gasteiger charge is 2.15. The number of nitrogens with one attached hydrogen (secondary N) is 1. The van der Waals surface area contributed by atoms with Crippen LogP contribution in [-0.2, 0) is 4.74 Å². The van der Waals surface area contributed by atoms with Crippen LogP contribution in [0.4, 0.5) is 0 Å². The van der Waals surface area contributed by atoms with E-state index in [1.54, 1.807) is 25.7 Å². The van der Waals surface area contributed by atoms with E-state index >= 15 is 0 Å². The van der Waals surface area contributed by atoms with Crippen molar-refractivity contribution >= 4 is 11.6 Å². The fourth-order valence-electron chi connectivity index (χ4n) is 3.22. The molecule has 8 heteroatoms. The number of rotatable bonds is 6. The maximum absolute atomic E-state index is 12.5. The van der Waals surface area contributed by atoms with E-state index in [0.717, 1.165) is 49.9 Å². The number of methoxy groups -OCH3 is 1. The maximum atomic E-state index is 12.5. The minimum atomic E-state index is -0.183. The molecule has 1 fully saturated rings. The highest BCUT2D eigenvalue weighted by Crippen LogP contribution is 2.24. The number of hydrogen-bond donors (Lipinski definition) is 1. The minimum Gasteiger partial charge on any atom is -0.497 e. The second-order valence-electron chi connectivity index (χ2n) is 6.57. The number of carbonyl (C=O) groups is 1. The van der Waals surface area contributed by atoms with Gasteiger partial charge in [0.2, 0.25) is 0 Å². The zero-order chi connectivity index (χ0) is 19.3. The Morgan fingerprint density at radius 3 is 2.79 bits per heavy atom. The Bertz CT molecular complexity index is 948. The first-order valence-electron chi connectivity index (χ1n) is 9.31. The van der Waals surface area contributed by atoms with Gasteiger partial charge in [-0.25, -0.2) is 4.98 Å². The number of morpholine rings is 1. The molecule has 3 heterocycles. The molecule has 8 nitrogen and oxygen atoms in total. The van der Waals surface area contributed by atoms with Crippen LogP contribution >= 0.6 is 0 Å². The summed E-state index contributed by atoms with van der Waals surface area (Å²) in [5.74, 6) is 0.594. The Morgan fingerprint density at radius 2 is 2.04 bits per heavy atom. The highest BCUT2D eigenvalue weighted by molar-refractivity contribution is 5.93. The summed E-state index contributed by atoms with van der Waals surface area (Å²) in [5, 5.41) is 2.95. The number of benzene rings is 1. The average Bonchev–Trinajstić information content (AvgIpc) is 3.19. The molecule has 0 saturated carbocycles. The van der Waals surface area contributed by atoms with Crippen molar-refractivity contribution in [3.8, 4) is 17.0 Å². The van der Waals surface area contributed by atoms with Crippen molar-refractivity contribution in [1.82, 2.24) is 24.6 Å². The van der Waals surface area contributed by atoms with Crippen molar-refractivity contribution in [2.24, 2.45) is 0 Å². The first-order valence-corrected chi connectivity index (χ1v) is 9.31. The summed E-state index contributed by atoms with van der Waals surface area (Å²) in [5.41, 5.74) is 2.66. The van der Waals surface area contributed by atoms with Crippen LogP contribution in [-0.4, -0.2) is 71.7 Å². The van der Waals surface area contributed by atoms with Gasteiger partial charge in [0.25, 0.3) is 5.91 Å². The van der Waals surface area contributed by atoms with Crippen LogP contribution in [0.15, 0.2) is 42.9 Å². The van der Waals surface area contributed by atoms with Crippen LogP contribution in [0.25, 0.3) is 16.9 Å². The number of carbonyl (C=O) groups excluding carboxylic acids is 1. The first kappa shape index (κ1) is 18.4. The predicted octanol–water partition coefficient (Wildman–Crippen LogP) is 1.47. The van der Waals surface area contributed by atoms with Crippen LogP contribution in [0.1, 0.15) is 10.5 Å². The molecule has 0 unspecified atom stereocenters. The molecular weight excluding hydrogens is 358 g/mol. The van der Waals surface area contributed by atoms with Crippen LogP contribution < -0.4 is 10.1 Å². The van der Waals surface area contributed by atoms with Crippen molar-refractivity contribution in [1.29, 1.82) is 0 Å². The van der Waals surface area contributed by atoms with Gasteiger partial charge in [0, 0.05) is 50.3 Å². The predicted molar refractivity (Wildman–Crippen MR) is 105 cm³/mol. The molecule has 3 aromatic rings. The van der Waals surface area contributed by atoms with E-state index < -0.39 is 0 Å². The third kappa shape index (κ3) is 3.97. The topological polar surface area (TPSA) is 81.0 Å². The van der Waals surface area contributed by atoms with E-state index in [4.69, 9.17) is 9.47 Å². The fourth-order valence-corrected chi connectivity index (χ4v) is 3.22. The van der Waals surface area contributed by atoms with Crippen LogP contribution in [0.2, 0.25) is 0 Å². The van der Waals surface area contributed by atoms with Gasteiger partial charge in [0.05, 0.1) is 20.3 Å². The molecule has 28 heavy (non-hydrogen) atoms. The molecule has 0 aliphatic carbocycles. The van der Waals surface area contributed by atoms with Gasteiger partial charge in [-0.3, -0.25) is 14.7 Å². The zero-order valence-electron chi connectivity index (χ0n) is 15.8. The van der Waals surface area contributed by atoms with E-state index in [0.29, 0.717) is 17.9 Å². The molecule has 0 spiro atoms. The summed E-state index contributed by atoms with van der Waals surface area (Å²) in [4.78, 5) is 23.8. The maximum Gasteiger partial charge on any atom is 0.271 e. The third-order valence-electron chi connectivity index (χ3n) is 4.79. The Morgan fingerprint density at radius 1 is 1.25 bits per heavy atom. The molecule has 2 aromatic heterocycles. The molecule has 1 amide bonds. The number of amides is 1. The van der Waals surface area contributed by atoms with Crippen LogP contribution in [0.5, 0.6) is 5.75 Å². The van der Waals surface area contributed by atoms with Gasteiger partial charge in [-0.05, 0) is 24.3 Å². The lowest BCUT2D eigenvalue weighted by Crippen LogP contribution is -2.41. The number of fused-ring (bicyclic) bond motifs is 1. The molecule has 1 aromatic carbocycles. The molecule has 146 valence electrons. The number of hydrogen-bond acceptors (Lipinski definition) is 6. The van der Waals surface area contributed by atoms with E-state index in [1.807, 2.05) is 28.7 Å². The Balaban J connectivity index is 1.48. The van der Waals surface area contributed by atoms with Crippen molar-refractivity contribution in [2.75, 3.05) is 46.5 Å². The summed E-state index contributed by atoms with van der Waals surface area (Å²) in [6, 6.07) is 7.61. The van der Waals surface area contributed by atoms with E-state index in [9.17, 15) is 4.79 Å². The van der Waals surface area contributed by atoms with Gasteiger partial charge in [0.1, 0.15) is 17.1 Å². The molecule has 0 bridgehead atoms. The van der Waals surface area contributed by atoms with Gasteiger partial charge in [-0.15, -0.1) is 0 Å². The summed E-state index contributed by atoms with van der Waals surface area (Å²) in [6.45, 7) is 4.70. The van der Waals surface area contributed by atoms with Crippen molar-refractivity contribution < 1.29 is 14.3 Å². The second kappa shape index (κ2) is 8.37. The monoisotopic (exact) mass is 381 g/mol. The largest absolute Gasteiger partial charge is 0.497 e. The van der Waals surface area contributed by atoms with Gasteiger partial charge >= 0.3 is 0 Å². The van der Waals surface area contributed by atoms with E-state index in [2.05, 4.69) is 20.2 Å². The molecule has 0 radical (unpaired) electrons. The van der Waals surface area contributed by atoms with E-state index in [1.165, 1.54) is 0 Å². The highest BCUT2D eigenvalue weighted by atomic mass is 16.5. The van der Waals surface area contributed by atoms with Gasteiger partial charge in [-0.1, -0.05) is 0 Å². The lowest BCUT2D eigenvalue weighted by Gasteiger charge is -2.26. The fraction of sp³-hybridized carbons (Fsp3) is 0.350. The van der Waals surface area contributed by atoms with Gasteiger partial charge < -0.3 is 19.2 Å². The molecule has 1 aliphatic heterocycles. The first-order chi connectivity index (χ1) is 13.7. The molecule has 1 N–H and O–H groups in total. The number of aromatic nitrogens is 3. The zero-order valence-corrected chi connectivity index (χ0v) is 15.8. The number of ether oxygens (including phenoxy) is 2. The van der Waals surface area contributed by atoms with Gasteiger partial charge in [-0.2, -0.15) is 0 Å². The SMILES string of the molecule is COc1ccc(-c2nccn3cc(C(=O)NCCN4CCOCC4)nc23)cc1. The summed E-state index contributed by atoms with van der Waals surface area (Å²) < 4.78 is 12.4.